The van der Waals surface area contributed by atoms with E-state index in [2.05, 4.69) is 41.8 Å². The van der Waals surface area contributed by atoms with Crippen LogP contribution in [0.4, 0.5) is 11.8 Å². The zero-order valence-electron chi connectivity index (χ0n) is 16.2. The van der Waals surface area contributed by atoms with Gasteiger partial charge in [-0.25, -0.2) is 9.97 Å². The molecule has 1 amide bonds. The number of amides is 1. The highest BCUT2D eigenvalue weighted by atomic mass is 16.2. The molecule has 2 aliphatic heterocycles. The minimum atomic E-state index is -0.0662. The Labute approximate surface area is 165 Å². The molecule has 0 saturated carbocycles. The normalized spacial score (nSPS) is 18.4. The SMILES string of the molecule is CCN1CCN(c2ccc(C(=O)N3CCN(c4ncccn4)CC3)nn2)CC1. The monoisotopic (exact) mass is 382 g/mol. The van der Waals surface area contributed by atoms with Gasteiger partial charge in [0.1, 0.15) is 0 Å². The molecule has 0 atom stereocenters. The molecule has 0 aliphatic carbocycles. The van der Waals surface area contributed by atoms with Crippen molar-refractivity contribution in [2.75, 3.05) is 68.7 Å². The van der Waals surface area contributed by atoms with Crippen molar-refractivity contribution in [2.45, 2.75) is 6.92 Å². The first-order valence-corrected chi connectivity index (χ1v) is 9.87. The van der Waals surface area contributed by atoms with E-state index in [0.717, 1.165) is 38.5 Å². The molecule has 0 unspecified atom stereocenters. The number of nitrogens with zero attached hydrogens (tertiary/aromatic N) is 8. The lowest BCUT2D eigenvalue weighted by Crippen LogP contribution is -2.49. The molecule has 2 aliphatic rings. The van der Waals surface area contributed by atoms with Crippen molar-refractivity contribution < 1.29 is 4.79 Å². The average Bonchev–Trinajstić information content (AvgIpc) is 2.79. The molecule has 4 rings (SSSR count). The van der Waals surface area contributed by atoms with Crippen LogP contribution in [0.1, 0.15) is 17.4 Å². The summed E-state index contributed by atoms with van der Waals surface area (Å²) in [6.45, 7) is 9.89. The number of carbonyl (C=O) groups excluding carboxylic acids is 1. The van der Waals surface area contributed by atoms with Crippen LogP contribution in [0.15, 0.2) is 30.6 Å². The van der Waals surface area contributed by atoms with Crippen molar-refractivity contribution in [1.82, 2.24) is 30.0 Å². The van der Waals surface area contributed by atoms with Crippen LogP contribution in [0.25, 0.3) is 0 Å². The molecule has 9 heteroatoms. The highest BCUT2D eigenvalue weighted by Crippen LogP contribution is 2.15. The molecule has 148 valence electrons. The molecule has 0 N–H and O–H groups in total. The summed E-state index contributed by atoms with van der Waals surface area (Å²) in [6.07, 6.45) is 3.47. The summed E-state index contributed by atoms with van der Waals surface area (Å²) in [7, 11) is 0. The first-order chi connectivity index (χ1) is 13.7. The summed E-state index contributed by atoms with van der Waals surface area (Å²) in [6, 6.07) is 5.51. The van der Waals surface area contributed by atoms with Gasteiger partial charge < -0.3 is 19.6 Å². The van der Waals surface area contributed by atoms with Crippen LogP contribution < -0.4 is 9.80 Å². The van der Waals surface area contributed by atoms with E-state index in [4.69, 9.17) is 0 Å². The molecule has 9 nitrogen and oxygen atoms in total. The van der Waals surface area contributed by atoms with Crippen LogP contribution in [0.2, 0.25) is 0 Å². The summed E-state index contributed by atoms with van der Waals surface area (Å²) < 4.78 is 0. The molecule has 2 aromatic rings. The van der Waals surface area contributed by atoms with Gasteiger partial charge in [-0.3, -0.25) is 4.79 Å². The van der Waals surface area contributed by atoms with Gasteiger partial charge in [-0.2, -0.15) is 0 Å². The first kappa shape index (κ1) is 18.5. The number of anilines is 2. The van der Waals surface area contributed by atoms with E-state index >= 15 is 0 Å². The lowest BCUT2D eigenvalue weighted by molar-refractivity contribution is 0.0739. The number of rotatable bonds is 4. The van der Waals surface area contributed by atoms with Crippen molar-refractivity contribution in [2.24, 2.45) is 0 Å². The van der Waals surface area contributed by atoms with Gasteiger partial charge in [-0.15, -0.1) is 10.2 Å². The van der Waals surface area contributed by atoms with Crippen molar-refractivity contribution >= 4 is 17.7 Å². The summed E-state index contributed by atoms with van der Waals surface area (Å²) in [5, 5.41) is 8.52. The minimum Gasteiger partial charge on any atom is -0.353 e. The van der Waals surface area contributed by atoms with Gasteiger partial charge in [-0.05, 0) is 24.7 Å². The molecule has 0 spiro atoms. The number of likely N-dealkylation sites (N-methyl/N-ethyl adjacent to an activating group) is 1. The lowest BCUT2D eigenvalue weighted by atomic mass is 10.2. The Morgan fingerprint density at radius 3 is 2.18 bits per heavy atom. The van der Waals surface area contributed by atoms with Crippen LogP contribution in [-0.2, 0) is 0 Å². The second-order valence-electron chi connectivity index (χ2n) is 7.03. The van der Waals surface area contributed by atoms with Crippen LogP contribution in [-0.4, -0.2) is 94.8 Å². The summed E-state index contributed by atoms with van der Waals surface area (Å²) >= 11 is 0. The molecule has 0 bridgehead atoms. The van der Waals surface area contributed by atoms with E-state index in [9.17, 15) is 4.79 Å². The van der Waals surface area contributed by atoms with Gasteiger partial charge in [0.2, 0.25) is 5.95 Å². The molecule has 28 heavy (non-hydrogen) atoms. The van der Waals surface area contributed by atoms with E-state index in [-0.39, 0.29) is 5.91 Å². The maximum atomic E-state index is 12.8. The summed E-state index contributed by atoms with van der Waals surface area (Å²) in [5.41, 5.74) is 0.403. The fourth-order valence-electron chi connectivity index (χ4n) is 3.63. The van der Waals surface area contributed by atoms with E-state index in [1.54, 1.807) is 24.5 Å². The quantitative estimate of drug-likeness (QED) is 0.750. The Morgan fingerprint density at radius 1 is 0.893 bits per heavy atom. The van der Waals surface area contributed by atoms with Crippen LogP contribution in [0.3, 0.4) is 0 Å². The Bertz CT molecular complexity index is 768. The highest BCUT2D eigenvalue weighted by Gasteiger charge is 2.25. The number of aromatic nitrogens is 4. The van der Waals surface area contributed by atoms with Gasteiger partial charge in [0.25, 0.3) is 5.91 Å². The molecule has 0 aromatic carbocycles. The van der Waals surface area contributed by atoms with Crippen LogP contribution in [0, 0.1) is 0 Å². The van der Waals surface area contributed by atoms with Gasteiger partial charge in [0, 0.05) is 64.8 Å². The molecule has 2 fully saturated rings. The highest BCUT2D eigenvalue weighted by molar-refractivity contribution is 5.92. The standard InChI is InChI=1S/C19H26N8O/c1-2-24-8-10-25(11-9-24)17-5-4-16(22-23-17)18(28)26-12-14-27(15-13-26)19-20-6-3-7-21-19/h3-7H,2,8-15H2,1H3. The largest absolute Gasteiger partial charge is 0.353 e. The van der Waals surface area contributed by atoms with Gasteiger partial charge in [0.15, 0.2) is 11.5 Å². The third kappa shape index (κ3) is 4.04. The van der Waals surface area contributed by atoms with Crippen LogP contribution >= 0.6 is 0 Å². The van der Waals surface area contributed by atoms with Crippen molar-refractivity contribution in [3.8, 4) is 0 Å². The number of hydrogen-bond donors (Lipinski definition) is 0. The first-order valence-electron chi connectivity index (χ1n) is 9.87. The Hall–Kier alpha value is -2.81. The Balaban J connectivity index is 1.33. The predicted octanol–water partition coefficient (Wildman–Crippen LogP) is 0.371. The fourth-order valence-corrected chi connectivity index (χ4v) is 3.63. The van der Waals surface area contributed by atoms with E-state index in [1.807, 2.05) is 11.0 Å². The number of carbonyl (C=O) groups is 1. The van der Waals surface area contributed by atoms with Crippen LogP contribution in [0.5, 0.6) is 0 Å². The van der Waals surface area contributed by atoms with Crippen molar-refractivity contribution in [1.29, 1.82) is 0 Å². The number of hydrogen-bond acceptors (Lipinski definition) is 8. The fraction of sp³-hybridized carbons (Fsp3) is 0.526. The predicted molar refractivity (Wildman–Crippen MR) is 107 cm³/mol. The van der Waals surface area contributed by atoms with Crippen molar-refractivity contribution in [3.05, 3.63) is 36.3 Å². The smallest absolute Gasteiger partial charge is 0.274 e. The molecule has 2 saturated heterocycles. The minimum absolute atomic E-state index is 0.0662. The maximum Gasteiger partial charge on any atom is 0.274 e. The Morgan fingerprint density at radius 2 is 1.57 bits per heavy atom. The summed E-state index contributed by atoms with van der Waals surface area (Å²) in [4.78, 5) is 29.9. The molecular formula is C19H26N8O. The topological polar surface area (TPSA) is 81.6 Å². The molecule has 0 radical (unpaired) electrons. The zero-order valence-corrected chi connectivity index (χ0v) is 16.2. The Kier molecular flexibility index (Phi) is 5.61. The van der Waals surface area contributed by atoms with Crippen molar-refractivity contribution in [3.63, 3.8) is 0 Å². The second-order valence-corrected chi connectivity index (χ2v) is 7.03. The molecule has 2 aromatic heterocycles. The summed E-state index contributed by atoms with van der Waals surface area (Å²) in [5.74, 6) is 1.49. The third-order valence-corrected chi connectivity index (χ3v) is 5.41. The second kappa shape index (κ2) is 8.47. The van der Waals surface area contributed by atoms with Gasteiger partial charge in [0.05, 0.1) is 0 Å². The van der Waals surface area contributed by atoms with E-state index < -0.39 is 0 Å². The molecule has 4 heterocycles. The maximum absolute atomic E-state index is 12.8. The average molecular weight is 382 g/mol. The van der Waals surface area contributed by atoms with Gasteiger partial charge >= 0.3 is 0 Å². The van der Waals surface area contributed by atoms with E-state index in [1.165, 1.54) is 0 Å². The van der Waals surface area contributed by atoms with E-state index in [0.29, 0.717) is 37.8 Å². The van der Waals surface area contributed by atoms with Gasteiger partial charge in [-0.1, -0.05) is 6.92 Å². The third-order valence-electron chi connectivity index (χ3n) is 5.41. The molecular weight excluding hydrogens is 356 g/mol. The lowest BCUT2D eigenvalue weighted by Gasteiger charge is -2.35. The zero-order chi connectivity index (χ0) is 19.3. The number of piperazine rings is 2.